The monoisotopic (exact) mass is 473 g/mol. The molecule has 1 aromatic carbocycles. The van der Waals surface area contributed by atoms with Crippen molar-refractivity contribution in [3.63, 3.8) is 0 Å². The number of ether oxygens (including phenoxy) is 4. The molecule has 0 saturated heterocycles. The highest BCUT2D eigenvalue weighted by molar-refractivity contribution is 9.10. The number of hydrogen-bond donors (Lipinski definition) is 0. The lowest BCUT2D eigenvalue weighted by Gasteiger charge is -2.36. The number of hydrogen-bond acceptors (Lipinski definition) is 7. The van der Waals surface area contributed by atoms with Gasteiger partial charge in [0.1, 0.15) is 30.0 Å². The minimum atomic E-state index is -0.437. The molecular weight excluding hydrogens is 454 g/mol. The summed E-state index contributed by atoms with van der Waals surface area (Å²) in [4.78, 5) is 29.2. The van der Waals surface area contributed by atoms with Crippen LogP contribution in [-0.2, 0) is 14.3 Å². The summed E-state index contributed by atoms with van der Waals surface area (Å²) in [6, 6.07) is 8.63. The van der Waals surface area contributed by atoms with Crippen molar-refractivity contribution in [1.82, 2.24) is 4.98 Å². The number of esters is 1. The molecule has 0 radical (unpaired) electrons. The first-order valence-corrected chi connectivity index (χ1v) is 10.4. The third kappa shape index (κ3) is 4.48. The highest BCUT2D eigenvalue weighted by atomic mass is 79.9. The standard InChI is InChI=1S/C22H20BrNO6/c1-27-15-2-4-16(5-3-15)29-20-12-28-19-9-17(6-7-18(19)21(20)25)30-22(26)13-8-14(23)11-24-10-13/h2-5,8,10-12,17-19H,6-7,9H2,1H3. The zero-order chi connectivity index (χ0) is 21.1. The SMILES string of the molecule is COc1ccc(OC2=COC3CC(OC(=O)c4cncc(Br)c4)CCC3C2=O)cc1. The summed E-state index contributed by atoms with van der Waals surface area (Å²) in [7, 11) is 1.58. The molecule has 3 unspecified atom stereocenters. The van der Waals surface area contributed by atoms with E-state index in [9.17, 15) is 9.59 Å². The smallest absolute Gasteiger partial charge is 0.340 e. The van der Waals surface area contributed by atoms with Crippen LogP contribution in [-0.4, -0.2) is 36.1 Å². The summed E-state index contributed by atoms with van der Waals surface area (Å²) in [6.07, 6.45) is 5.36. The van der Waals surface area contributed by atoms with Crippen LogP contribution >= 0.6 is 15.9 Å². The second-order valence-electron chi connectivity index (χ2n) is 7.14. The first-order chi connectivity index (χ1) is 14.5. The van der Waals surface area contributed by atoms with Crippen molar-refractivity contribution in [2.75, 3.05) is 7.11 Å². The molecule has 2 heterocycles. The van der Waals surface area contributed by atoms with Gasteiger partial charge in [0.15, 0.2) is 0 Å². The van der Waals surface area contributed by atoms with E-state index >= 15 is 0 Å². The Morgan fingerprint density at radius 3 is 2.67 bits per heavy atom. The normalized spacial score (nSPS) is 22.9. The molecule has 1 saturated carbocycles. The summed E-state index contributed by atoms with van der Waals surface area (Å²) in [5.41, 5.74) is 0.377. The van der Waals surface area contributed by atoms with Gasteiger partial charge in [-0.05, 0) is 59.1 Å². The van der Waals surface area contributed by atoms with Crippen molar-refractivity contribution in [3.05, 3.63) is 64.8 Å². The molecule has 1 aromatic heterocycles. The maximum Gasteiger partial charge on any atom is 0.340 e. The molecule has 30 heavy (non-hydrogen) atoms. The van der Waals surface area contributed by atoms with E-state index in [1.54, 1.807) is 43.6 Å². The predicted octanol–water partition coefficient (Wildman–Crippen LogP) is 4.07. The van der Waals surface area contributed by atoms with Crippen molar-refractivity contribution < 1.29 is 28.5 Å². The molecule has 1 aliphatic heterocycles. The summed E-state index contributed by atoms with van der Waals surface area (Å²) >= 11 is 3.29. The minimum Gasteiger partial charge on any atom is -0.497 e. The lowest BCUT2D eigenvalue weighted by molar-refractivity contribution is -0.132. The Labute approximate surface area is 182 Å². The van der Waals surface area contributed by atoms with Crippen LogP contribution in [0.5, 0.6) is 11.5 Å². The zero-order valence-electron chi connectivity index (χ0n) is 16.2. The Morgan fingerprint density at radius 2 is 1.93 bits per heavy atom. The predicted molar refractivity (Wildman–Crippen MR) is 110 cm³/mol. The number of rotatable bonds is 5. The maximum atomic E-state index is 12.9. The number of carbonyl (C=O) groups is 2. The van der Waals surface area contributed by atoms with Gasteiger partial charge >= 0.3 is 5.97 Å². The van der Waals surface area contributed by atoms with Crippen molar-refractivity contribution in [2.45, 2.75) is 31.5 Å². The quantitative estimate of drug-likeness (QED) is 0.605. The van der Waals surface area contributed by atoms with Crippen molar-refractivity contribution in [2.24, 2.45) is 5.92 Å². The highest BCUT2D eigenvalue weighted by Gasteiger charge is 2.42. The number of Topliss-reactive ketones (excluding diaryl/α,β-unsaturated/α-hetero) is 1. The van der Waals surface area contributed by atoms with E-state index < -0.39 is 5.97 Å². The van der Waals surface area contributed by atoms with Crippen LogP contribution in [0.3, 0.4) is 0 Å². The molecule has 156 valence electrons. The molecular formula is C22H20BrNO6. The molecule has 1 aliphatic carbocycles. The van der Waals surface area contributed by atoms with Crippen LogP contribution in [0.15, 0.2) is 59.2 Å². The minimum absolute atomic E-state index is 0.0944. The number of benzene rings is 1. The number of methoxy groups -OCH3 is 1. The van der Waals surface area contributed by atoms with Gasteiger partial charge in [-0.25, -0.2) is 4.79 Å². The molecule has 2 aliphatic rings. The molecule has 3 atom stereocenters. The lowest BCUT2D eigenvalue weighted by Crippen LogP contribution is -2.43. The van der Waals surface area contributed by atoms with E-state index in [0.29, 0.717) is 40.8 Å². The van der Waals surface area contributed by atoms with Gasteiger partial charge in [0.25, 0.3) is 0 Å². The number of pyridine rings is 1. The molecule has 0 bridgehead atoms. The molecule has 0 spiro atoms. The fourth-order valence-electron chi connectivity index (χ4n) is 3.63. The van der Waals surface area contributed by atoms with E-state index in [4.69, 9.17) is 18.9 Å². The molecule has 8 heteroatoms. The Morgan fingerprint density at radius 1 is 1.17 bits per heavy atom. The van der Waals surface area contributed by atoms with E-state index in [-0.39, 0.29) is 29.7 Å². The number of allylic oxidation sites excluding steroid dienone is 1. The van der Waals surface area contributed by atoms with Crippen LogP contribution in [0.25, 0.3) is 0 Å². The van der Waals surface area contributed by atoms with Gasteiger partial charge in [0.2, 0.25) is 11.5 Å². The molecule has 0 N–H and O–H groups in total. The molecule has 7 nitrogen and oxygen atoms in total. The van der Waals surface area contributed by atoms with Gasteiger partial charge in [-0.2, -0.15) is 0 Å². The fraction of sp³-hybridized carbons (Fsp3) is 0.318. The average molecular weight is 474 g/mol. The summed E-state index contributed by atoms with van der Waals surface area (Å²) in [5.74, 6) is 0.566. The van der Waals surface area contributed by atoms with Crippen molar-refractivity contribution >= 4 is 27.7 Å². The largest absolute Gasteiger partial charge is 0.497 e. The van der Waals surface area contributed by atoms with Gasteiger partial charge in [-0.15, -0.1) is 0 Å². The lowest BCUT2D eigenvalue weighted by atomic mass is 9.80. The first kappa shape index (κ1) is 20.4. The number of halogens is 1. The summed E-state index contributed by atoms with van der Waals surface area (Å²) in [5, 5.41) is 0. The van der Waals surface area contributed by atoms with Gasteiger partial charge in [-0.3, -0.25) is 9.78 Å². The van der Waals surface area contributed by atoms with Crippen LogP contribution in [0.1, 0.15) is 29.6 Å². The Bertz CT molecular complexity index is 974. The Kier molecular flexibility index (Phi) is 6.03. The number of ketones is 1. The average Bonchev–Trinajstić information content (AvgIpc) is 2.76. The molecule has 0 amide bonds. The number of aromatic nitrogens is 1. The molecule has 1 fully saturated rings. The number of nitrogens with zero attached hydrogens (tertiary/aromatic N) is 1. The zero-order valence-corrected chi connectivity index (χ0v) is 17.8. The second-order valence-corrected chi connectivity index (χ2v) is 8.05. The van der Waals surface area contributed by atoms with E-state index in [1.807, 2.05) is 0 Å². The Hall–Kier alpha value is -2.87. The van der Waals surface area contributed by atoms with Crippen LogP contribution in [0, 0.1) is 5.92 Å². The molecule has 2 aromatic rings. The Balaban J connectivity index is 1.37. The summed E-state index contributed by atoms with van der Waals surface area (Å²) < 4.78 is 22.9. The fourth-order valence-corrected chi connectivity index (χ4v) is 3.99. The summed E-state index contributed by atoms with van der Waals surface area (Å²) in [6.45, 7) is 0. The van der Waals surface area contributed by atoms with E-state index in [0.717, 1.165) is 0 Å². The van der Waals surface area contributed by atoms with Crippen LogP contribution in [0.2, 0.25) is 0 Å². The van der Waals surface area contributed by atoms with Crippen LogP contribution in [0.4, 0.5) is 0 Å². The van der Waals surface area contributed by atoms with Gasteiger partial charge < -0.3 is 18.9 Å². The maximum absolute atomic E-state index is 12.9. The third-order valence-corrected chi connectivity index (χ3v) is 5.61. The van der Waals surface area contributed by atoms with E-state index in [2.05, 4.69) is 20.9 Å². The van der Waals surface area contributed by atoms with Gasteiger partial charge in [0, 0.05) is 23.3 Å². The molecule has 4 rings (SSSR count). The topological polar surface area (TPSA) is 83.9 Å². The highest BCUT2D eigenvalue weighted by Crippen LogP contribution is 2.35. The number of carbonyl (C=O) groups excluding carboxylic acids is 2. The van der Waals surface area contributed by atoms with Crippen molar-refractivity contribution in [1.29, 1.82) is 0 Å². The third-order valence-electron chi connectivity index (χ3n) is 5.17. The van der Waals surface area contributed by atoms with Gasteiger partial charge in [0.05, 0.1) is 18.6 Å². The number of fused-ring (bicyclic) bond motifs is 1. The second kappa shape index (κ2) is 8.87. The van der Waals surface area contributed by atoms with Crippen LogP contribution < -0.4 is 9.47 Å². The first-order valence-electron chi connectivity index (χ1n) is 9.57. The van der Waals surface area contributed by atoms with Gasteiger partial charge in [-0.1, -0.05) is 0 Å². The van der Waals surface area contributed by atoms with E-state index in [1.165, 1.54) is 12.5 Å². The van der Waals surface area contributed by atoms with Crippen molar-refractivity contribution in [3.8, 4) is 11.5 Å².